The first kappa shape index (κ1) is 57.9. The van der Waals surface area contributed by atoms with Crippen molar-refractivity contribution in [2.45, 2.75) is 123 Å². The number of hydrogen-bond acceptors (Lipinski definition) is 25. The van der Waals surface area contributed by atoms with Crippen molar-refractivity contribution in [1.29, 1.82) is 0 Å². The number of ether oxygens (including phenoxy) is 14. The molecule has 3 aliphatic rings. The highest BCUT2D eigenvalue weighted by atomic mass is 16.8. The molecule has 81 heavy (non-hydrogen) atoms. The largest absolute Gasteiger partial charge is 0.507 e. The third-order valence-electron chi connectivity index (χ3n) is 12.3. The topological polar surface area (TPSA) is 316 Å². The number of phenols is 1. The van der Waals surface area contributed by atoms with E-state index in [0.717, 1.165) is 67.5 Å². The standard InChI is InChI=1S/C56H54O25/c1-26(57)67-24-42-47(69-28(3)59)50(71-30(5)61)52(73-32(7)63)54(77-42)75-37-22-38(65)44-41(23-37)76-46(34-19-20-39-40(21-34)81-56(80-39,35-15-11-9-12-16-35)36-17-13-10-14-18-36)49(45(44)66)79-55-53(74-33(8)64)51(72-31(6)62)48(70-29(4)60)43(78-55)25-68-27(2)58/h9-23,42-43,47-48,50-55,65H,24-25H2,1-8H3/t42-,43-,47+,48+,50+,51+,52-,53-,54-,55+/m1/s1. The molecular formula is C56H54O25. The van der Waals surface area contributed by atoms with Crippen LogP contribution in [-0.4, -0.2) is 127 Å². The van der Waals surface area contributed by atoms with Gasteiger partial charge in [-0.25, -0.2) is 0 Å². The molecule has 2 fully saturated rings. The Morgan fingerprint density at radius 1 is 0.494 bits per heavy atom. The summed E-state index contributed by atoms with van der Waals surface area (Å²) in [6.07, 6.45) is -16.9. The lowest BCUT2D eigenvalue weighted by Crippen LogP contribution is -2.63. The fourth-order valence-electron chi connectivity index (χ4n) is 9.30. The van der Waals surface area contributed by atoms with E-state index in [2.05, 4.69) is 0 Å². The van der Waals surface area contributed by atoms with Crippen LogP contribution < -0.4 is 24.4 Å². The lowest BCUT2D eigenvalue weighted by molar-refractivity contribution is -0.288. The van der Waals surface area contributed by atoms with Crippen molar-refractivity contribution < 1.29 is 114 Å². The third-order valence-corrected chi connectivity index (χ3v) is 12.3. The van der Waals surface area contributed by atoms with E-state index in [4.69, 9.17) is 70.7 Å². The van der Waals surface area contributed by atoms with Gasteiger partial charge in [0.1, 0.15) is 47.9 Å². The Balaban J connectivity index is 1.30. The molecule has 8 rings (SSSR count). The lowest BCUT2D eigenvalue weighted by Gasteiger charge is -2.44. The number of hydrogen-bond donors (Lipinski definition) is 1. The number of carbonyl (C=O) groups excluding carboxylic acids is 8. The van der Waals surface area contributed by atoms with Gasteiger partial charge in [0.05, 0.1) is 0 Å². The van der Waals surface area contributed by atoms with E-state index in [9.17, 15) is 43.5 Å². The molecule has 0 amide bonds. The van der Waals surface area contributed by atoms with Gasteiger partial charge in [-0.1, -0.05) is 60.7 Å². The summed E-state index contributed by atoms with van der Waals surface area (Å²) in [7, 11) is 0. The molecule has 0 unspecified atom stereocenters. The highest BCUT2D eigenvalue weighted by molar-refractivity contribution is 5.88. The van der Waals surface area contributed by atoms with Crippen molar-refractivity contribution in [3.8, 4) is 40.1 Å². The monoisotopic (exact) mass is 1130 g/mol. The van der Waals surface area contributed by atoms with E-state index in [-0.39, 0.29) is 22.8 Å². The van der Waals surface area contributed by atoms with Crippen LogP contribution in [0, 0.1) is 0 Å². The molecule has 10 atom stereocenters. The minimum atomic E-state index is -2.00. The van der Waals surface area contributed by atoms with E-state index in [0.29, 0.717) is 11.1 Å². The van der Waals surface area contributed by atoms with Crippen LogP contribution in [0.15, 0.2) is 100 Å². The van der Waals surface area contributed by atoms with Gasteiger partial charge in [0.15, 0.2) is 41.7 Å². The van der Waals surface area contributed by atoms with E-state index in [1.807, 2.05) is 12.1 Å². The Hall–Kier alpha value is -9.23. The van der Waals surface area contributed by atoms with Gasteiger partial charge in [0.2, 0.25) is 36.0 Å². The summed E-state index contributed by atoms with van der Waals surface area (Å²) >= 11 is 0. The summed E-state index contributed by atoms with van der Waals surface area (Å²) in [6, 6.07) is 24.5. The fraction of sp³-hybridized carbons (Fsp3) is 0.375. The Morgan fingerprint density at radius 3 is 1.38 bits per heavy atom. The van der Waals surface area contributed by atoms with Crippen LogP contribution in [0.3, 0.4) is 0 Å². The second-order valence-electron chi connectivity index (χ2n) is 18.5. The Labute approximate surface area is 459 Å². The number of rotatable bonds is 17. The van der Waals surface area contributed by atoms with Crippen molar-refractivity contribution in [2.24, 2.45) is 0 Å². The second kappa shape index (κ2) is 24.4. The summed E-state index contributed by atoms with van der Waals surface area (Å²) in [4.78, 5) is 115. The average Bonchev–Trinajstić information content (AvgIpc) is 4.10. The molecule has 5 aromatic rings. The molecule has 1 N–H and O–H groups in total. The molecule has 0 saturated carbocycles. The molecule has 0 aliphatic carbocycles. The van der Waals surface area contributed by atoms with Gasteiger partial charge in [0.25, 0.3) is 0 Å². The number of esters is 8. The second-order valence-corrected chi connectivity index (χ2v) is 18.5. The molecule has 0 radical (unpaired) electrons. The molecule has 3 aliphatic heterocycles. The molecule has 25 heteroatoms. The quantitative estimate of drug-likeness (QED) is 0.0968. The minimum Gasteiger partial charge on any atom is -0.507 e. The van der Waals surface area contributed by atoms with Crippen LogP contribution in [-0.2, 0) is 91.5 Å². The molecule has 1 aromatic heterocycles. The van der Waals surface area contributed by atoms with Gasteiger partial charge < -0.3 is 75.8 Å². The van der Waals surface area contributed by atoms with Crippen molar-refractivity contribution in [3.63, 3.8) is 0 Å². The maximum Gasteiger partial charge on any atom is 0.305 e. The third kappa shape index (κ3) is 13.1. The van der Waals surface area contributed by atoms with Crippen molar-refractivity contribution in [2.75, 3.05) is 13.2 Å². The van der Waals surface area contributed by atoms with Gasteiger partial charge >= 0.3 is 53.5 Å². The van der Waals surface area contributed by atoms with Gasteiger partial charge in [0, 0.05) is 84.2 Å². The van der Waals surface area contributed by atoms with E-state index in [1.165, 1.54) is 18.2 Å². The predicted octanol–water partition coefficient (Wildman–Crippen LogP) is 4.76. The SMILES string of the molecule is CC(=O)OC[C@H]1O[C@@H](Oc2cc(O)c3c(=O)c(O[C@@H]4O[C@H](COC(C)=O)[C@H](OC(C)=O)[C@H](OC(C)=O)[C@H]4OC(C)=O)c(-c4ccc5c(c4)OC(c4ccccc4)(c4ccccc4)O5)oc3c2)[C@H](OC(C)=O)[C@@H](OC(C)=O)[C@H]1OC(C)=O. The van der Waals surface area contributed by atoms with Gasteiger partial charge in [-0.3, -0.25) is 43.2 Å². The van der Waals surface area contributed by atoms with E-state index >= 15 is 4.79 Å². The molecular weight excluding hydrogens is 1070 g/mol. The van der Waals surface area contributed by atoms with Crippen molar-refractivity contribution >= 4 is 58.7 Å². The molecule has 0 bridgehead atoms. The van der Waals surface area contributed by atoms with Crippen LogP contribution in [0.2, 0.25) is 0 Å². The molecule has 2 saturated heterocycles. The summed E-state index contributed by atoms with van der Waals surface area (Å²) in [5.74, 6) is -10.8. The zero-order valence-electron chi connectivity index (χ0n) is 44.6. The Kier molecular flexibility index (Phi) is 17.5. The first-order valence-electron chi connectivity index (χ1n) is 24.9. The van der Waals surface area contributed by atoms with Crippen LogP contribution in [0.5, 0.6) is 28.7 Å². The maximum absolute atomic E-state index is 15.3. The fourth-order valence-corrected chi connectivity index (χ4v) is 9.30. The summed E-state index contributed by atoms with van der Waals surface area (Å²) in [5, 5.41) is 11.3. The number of aromatic hydroxyl groups is 1. The lowest BCUT2D eigenvalue weighted by atomic mass is 9.97. The van der Waals surface area contributed by atoms with Gasteiger partial charge in [-0.2, -0.15) is 0 Å². The van der Waals surface area contributed by atoms with Crippen LogP contribution in [0.1, 0.15) is 66.5 Å². The number of fused-ring (bicyclic) bond motifs is 2. The zero-order valence-corrected chi connectivity index (χ0v) is 44.6. The first-order chi connectivity index (χ1) is 38.5. The highest BCUT2D eigenvalue weighted by Gasteiger charge is 2.56. The minimum absolute atomic E-state index is 0.0271. The smallest absolute Gasteiger partial charge is 0.305 e. The van der Waals surface area contributed by atoms with Crippen molar-refractivity contribution in [3.05, 3.63) is 112 Å². The molecule has 428 valence electrons. The molecule has 4 aromatic carbocycles. The summed E-state index contributed by atoms with van der Waals surface area (Å²) in [5.41, 5.74) is -0.336. The van der Waals surface area contributed by atoms with E-state index in [1.54, 1.807) is 48.5 Å². The van der Waals surface area contributed by atoms with Crippen LogP contribution >= 0.6 is 0 Å². The Bertz CT molecular complexity index is 3240. The normalized spacial score (nSPS) is 23.4. The molecule has 0 spiro atoms. The summed E-state index contributed by atoms with van der Waals surface area (Å²) < 4.78 is 88.5. The van der Waals surface area contributed by atoms with E-state index < -0.39 is 162 Å². The first-order valence-corrected chi connectivity index (χ1v) is 24.9. The highest BCUT2D eigenvalue weighted by Crippen LogP contribution is 2.50. The van der Waals surface area contributed by atoms with Crippen LogP contribution in [0.25, 0.3) is 22.3 Å². The van der Waals surface area contributed by atoms with Gasteiger partial charge in [-0.15, -0.1) is 0 Å². The average molecular weight is 1130 g/mol. The molecule has 4 heterocycles. The number of carbonyl (C=O) groups is 8. The maximum atomic E-state index is 15.3. The Morgan fingerprint density at radius 2 is 0.926 bits per heavy atom. The number of phenolic OH excluding ortho intramolecular Hbond substituents is 1. The molecule has 25 nitrogen and oxygen atoms in total. The van der Waals surface area contributed by atoms with Crippen molar-refractivity contribution in [1.82, 2.24) is 0 Å². The van der Waals surface area contributed by atoms with Gasteiger partial charge in [-0.05, 0) is 18.2 Å². The predicted molar refractivity (Wildman–Crippen MR) is 270 cm³/mol. The summed E-state index contributed by atoms with van der Waals surface area (Å²) in [6.45, 7) is 7.05. The zero-order chi connectivity index (χ0) is 58.4. The van der Waals surface area contributed by atoms with Crippen LogP contribution in [0.4, 0.5) is 0 Å². The number of benzene rings is 4.